The van der Waals surface area contributed by atoms with Crippen molar-refractivity contribution >= 4 is 40.7 Å². The summed E-state index contributed by atoms with van der Waals surface area (Å²) in [4.78, 5) is 15.4. The van der Waals surface area contributed by atoms with Crippen LogP contribution in [0.15, 0.2) is 4.34 Å². The smallest absolute Gasteiger partial charge is 0.316 e. The highest BCUT2D eigenvalue weighted by molar-refractivity contribution is 8.01. The van der Waals surface area contributed by atoms with Gasteiger partial charge in [0, 0.05) is 0 Å². The molecule has 0 bridgehead atoms. The topological polar surface area (TPSA) is 59.4 Å². The van der Waals surface area contributed by atoms with Gasteiger partial charge in [0.05, 0.1) is 24.3 Å². The van der Waals surface area contributed by atoms with Gasteiger partial charge in [-0.05, 0) is 0 Å². The van der Waals surface area contributed by atoms with E-state index in [0.717, 1.165) is 0 Å². The van der Waals surface area contributed by atoms with Gasteiger partial charge >= 0.3 is 5.97 Å². The molecule has 7 heteroatoms. The van der Waals surface area contributed by atoms with Crippen molar-refractivity contribution in [2.75, 3.05) is 12.9 Å². The van der Waals surface area contributed by atoms with Crippen molar-refractivity contribution in [1.29, 1.82) is 0 Å². The number of esters is 1. The molecule has 0 spiro atoms. The van der Waals surface area contributed by atoms with Gasteiger partial charge in [-0.3, -0.25) is 4.79 Å². The number of hydrogen-bond donors (Lipinski definition) is 1. The van der Waals surface area contributed by atoms with E-state index in [9.17, 15) is 4.79 Å². The van der Waals surface area contributed by atoms with Crippen molar-refractivity contribution in [3.8, 4) is 0 Å². The number of thioether (sulfide) groups is 1. The van der Waals surface area contributed by atoms with Crippen LogP contribution in [0, 0.1) is 0 Å². The van der Waals surface area contributed by atoms with E-state index in [-0.39, 0.29) is 18.3 Å². The van der Waals surface area contributed by atoms with Crippen LogP contribution in [0.25, 0.3) is 0 Å². The average Bonchev–Trinajstić information content (AvgIpc) is 2.55. The first-order chi connectivity index (χ1) is 6.67. The van der Waals surface area contributed by atoms with E-state index in [2.05, 4.69) is 9.72 Å². The zero-order chi connectivity index (χ0) is 10.6. The minimum Gasteiger partial charge on any atom is -0.468 e. The Morgan fingerprint density at radius 3 is 3.00 bits per heavy atom. The van der Waals surface area contributed by atoms with Crippen LogP contribution < -0.4 is 0 Å². The number of methoxy groups -OCH3 is 1. The maximum Gasteiger partial charge on any atom is 0.316 e. The van der Waals surface area contributed by atoms with Gasteiger partial charge in [-0.25, -0.2) is 4.98 Å². The van der Waals surface area contributed by atoms with Gasteiger partial charge in [-0.2, -0.15) is 0 Å². The molecule has 1 N–H and O–H groups in total. The summed E-state index contributed by atoms with van der Waals surface area (Å²) >= 11 is 8.22. The lowest BCUT2D eigenvalue weighted by Crippen LogP contribution is -2.02. The Balaban J connectivity index is 2.55. The molecule has 0 atom stereocenters. The number of carbonyl (C=O) groups is 1. The van der Waals surface area contributed by atoms with Crippen molar-refractivity contribution in [1.82, 2.24) is 4.98 Å². The molecule has 0 fully saturated rings. The van der Waals surface area contributed by atoms with E-state index in [1.807, 2.05) is 0 Å². The lowest BCUT2D eigenvalue weighted by Gasteiger charge is -1.94. The van der Waals surface area contributed by atoms with Crippen LogP contribution >= 0.6 is 34.7 Å². The summed E-state index contributed by atoms with van der Waals surface area (Å²) in [6.45, 7) is -0.130. The van der Waals surface area contributed by atoms with Crippen LogP contribution in [0.5, 0.6) is 0 Å². The number of nitrogens with zero attached hydrogens (tertiary/aromatic N) is 1. The molecule has 0 amide bonds. The maximum atomic E-state index is 10.8. The van der Waals surface area contributed by atoms with E-state index in [0.29, 0.717) is 14.4 Å². The molecule has 4 nitrogen and oxygen atoms in total. The molecule has 78 valence electrons. The van der Waals surface area contributed by atoms with Gasteiger partial charge in [0.2, 0.25) is 0 Å². The normalized spacial score (nSPS) is 10.2. The van der Waals surface area contributed by atoms with Crippen LogP contribution in [0.2, 0.25) is 5.15 Å². The van der Waals surface area contributed by atoms with Gasteiger partial charge in [0.1, 0.15) is 5.15 Å². The summed E-state index contributed by atoms with van der Waals surface area (Å²) in [5.74, 6) is -0.113. The first kappa shape index (κ1) is 11.8. The maximum absolute atomic E-state index is 10.8. The standard InChI is InChI=1S/C7H8ClNO3S2/c1-12-5(11)3-13-7-9-6(8)4(2-10)14-7/h10H,2-3H2,1H3. The third-order valence-corrected chi connectivity index (χ3v) is 3.90. The van der Waals surface area contributed by atoms with Crippen LogP contribution in [0.4, 0.5) is 0 Å². The van der Waals surface area contributed by atoms with Crippen molar-refractivity contribution in [2.24, 2.45) is 0 Å². The van der Waals surface area contributed by atoms with Crippen LogP contribution in [0.1, 0.15) is 4.88 Å². The Hall–Kier alpha value is -0.300. The Morgan fingerprint density at radius 1 is 1.79 bits per heavy atom. The molecule has 1 heterocycles. The second-order valence-electron chi connectivity index (χ2n) is 2.22. The van der Waals surface area contributed by atoms with E-state index in [1.165, 1.54) is 30.2 Å². The van der Waals surface area contributed by atoms with Crippen LogP contribution in [0.3, 0.4) is 0 Å². The fourth-order valence-electron chi connectivity index (χ4n) is 0.652. The molecular formula is C7H8ClNO3S2. The molecule has 1 aromatic heterocycles. The monoisotopic (exact) mass is 253 g/mol. The largest absolute Gasteiger partial charge is 0.468 e. The van der Waals surface area contributed by atoms with Gasteiger partial charge in [0.25, 0.3) is 0 Å². The van der Waals surface area contributed by atoms with Gasteiger partial charge in [-0.1, -0.05) is 23.4 Å². The molecule has 0 aliphatic carbocycles. The van der Waals surface area contributed by atoms with Gasteiger partial charge in [-0.15, -0.1) is 11.3 Å². The third-order valence-electron chi connectivity index (χ3n) is 1.31. The Morgan fingerprint density at radius 2 is 2.50 bits per heavy atom. The Kier molecular flexibility index (Phi) is 4.67. The Bertz CT molecular complexity index is 329. The highest BCUT2D eigenvalue weighted by Gasteiger charge is 2.10. The second kappa shape index (κ2) is 5.55. The highest BCUT2D eigenvalue weighted by atomic mass is 35.5. The van der Waals surface area contributed by atoms with E-state index < -0.39 is 0 Å². The number of aromatic nitrogens is 1. The quantitative estimate of drug-likeness (QED) is 0.652. The number of aliphatic hydroxyl groups excluding tert-OH is 1. The summed E-state index contributed by atoms with van der Waals surface area (Å²) in [7, 11) is 1.33. The van der Waals surface area contributed by atoms with Crippen LogP contribution in [-0.2, 0) is 16.1 Å². The van der Waals surface area contributed by atoms with E-state index >= 15 is 0 Å². The zero-order valence-electron chi connectivity index (χ0n) is 7.32. The number of halogens is 1. The number of ether oxygens (including phenoxy) is 1. The molecule has 0 saturated carbocycles. The average molecular weight is 254 g/mol. The lowest BCUT2D eigenvalue weighted by atomic mass is 10.6. The SMILES string of the molecule is COC(=O)CSc1nc(Cl)c(CO)s1. The number of hydrogen-bond acceptors (Lipinski definition) is 6. The minimum atomic E-state index is -0.313. The molecule has 0 unspecified atom stereocenters. The first-order valence-corrected chi connectivity index (χ1v) is 5.81. The zero-order valence-corrected chi connectivity index (χ0v) is 9.71. The van der Waals surface area contributed by atoms with Crippen LogP contribution in [-0.4, -0.2) is 28.9 Å². The van der Waals surface area contributed by atoms with Gasteiger partial charge < -0.3 is 9.84 Å². The second-order valence-corrected chi connectivity index (χ2v) is 4.88. The summed E-state index contributed by atoms with van der Waals surface area (Å²) in [6.07, 6.45) is 0. The predicted molar refractivity (Wildman–Crippen MR) is 55.8 cm³/mol. The molecule has 0 saturated heterocycles. The van der Waals surface area contributed by atoms with Crippen molar-refractivity contribution in [2.45, 2.75) is 10.9 Å². The number of carbonyl (C=O) groups excluding carboxylic acids is 1. The molecule has 0 aliphatic rings. The predicted octanol–water partition coefficient (Wildman–Crippen LogP) is 1.55. The van der Waals surface area contributed by atoms with Crippen molar-refractivity contribution in [3.63, 3.8) is 0 Å². The Labute approximate surface area is 94.2 Å². The number of aliphatic hydroxyl groups is 1. The molecule has 1 rings (SSSR count). The molecular weight excluding hydrogens is 246 g/mol. The lowest BCUT2D eigenvalue weighted by molar-refractivity contribution is -0.137. The van der Waals surface area contributed by atoms with E-state index in [4.69, 9.17) is 16.7 Å². The summed E-state index contributed by atoms with van der Waals surface area (Å²) in [6, 6.07) is 0. The summed E-state index contributed by atoms with van der Waals surface area (Å²) in [5.41, 5.74) is 0. The molecule has 14 heavy (non-hydrogen) atoms. The number of rotatable bonds is 4. The fraction of sp³-hybridized carbons (Fsp3) is 0.429. The summed E-state index contributed by atoms with van der Waals surface area (Å²) < 4.78 is 5.13. The molecule has 0 aromatic carbocycles. The summed E-state index contributed by atoms with van der Waals surface area (Å²) in [5, 5.41) is 9.14. The van der Waals surface area contributed by atoms with E-state index in [1.54, 1.807) is 0 Å². The van der Waals surface area contributed by atoms with Crippen molar-refractivity contribution in [3.05, 3.63) is 10.0 Å². The number of thiazole rings is 1. The van der Waals surface area contributed by atoms with Gasteiger partial charge in [0.15, 0.2) is 4.34 Å². The highest BCUT2D eigenvalue weighted by Crippen LogP contribution is 2.30. The van der Waals surface area contributed by atoms with Crippen molar-refractivity contribution < 1.29 is 14.6 Å². The molecule has 0 radical (unpaired) electrons. The molecule has 0 aliphatic heterocycles. The third kappa shape index (κ3) is 3.13. The molecule has 1 aromatic rings. The first-order valence-electron chi connectivity index (χ1n) is 3.63. The fourth-order valence-corrected chi connectivity index (χ4v) is 2.78. The minimum absolute atomic E-state index is 0.130.